The summed E-state index contributed by atoms with van der Waals surface area (Å²) >= 11 is 1.21. The van der Waals surface area contributed by atoms with Crippen LogP contribution in [0.2, 0.25) is 0 Å². The van der Waals surface area contributed by atoms with Crippen molar-refractivity contribution in [2.75, 3.05) is 30.0 Å². The van der Waals surface area contributed by atoms with Gasteiger partial charge in [-0.15, -0.1) is 0 Å². The van der Waals surface area contributed by atoms with E-state index in [0.717, 1.165) is 29.7 Å². The zero-order chi connectivity index (χ0) is 23.4. The van der Waals surface area contributed by atoms with E-state index in [2.05, 4.69) is 12.3 Å². The number of anilines is 1. The lowest BCUT2D eigenvalue weighted by Crippen LogP contribution is -2.55. The van der Waals surface area contributed by atoms with Crippen LogP contribution < -0.4 is 25.2 Å². The van der Waals surface area contributed by atoms with E-state index in [1.54, 1.807) is 14.7 Å². The molecule has 10 heteroatoms. The zero-order valence-corrected chi connectivity index (χ0v) is 20.1. The van der Waals surface area contributed by atoms with Crippen LogP contribution in [-0.2, 0) is 4.79 Å². The number of amides is 3. The predicted molar refractivity (Wildman–Crippen MR) is 127 cm³/mol. The van der Waals surface area contributed by atoms with Crippen LogP contribution in [0.25, 0.3) is 5.57 Å². The molecular formula is C23H28N6O3S. The number of nitrogens with zero attached hydrogens (tertiary/aromatic N) is 5. The molecule has 1 N–H and O–H groups in total. The summed E-state index contributed by atoms with van der Waals surface area (Å²) in [7, 11) is 0. The maximum atomic E-state index is 13.5. The number of aryl methyl sites for hydroxylation is 1. The second-order valence-corrected chi connectivity index (χ2v) is 9.51. The summed E-state index contributed by atoms with van der Waals surface area (Å²) in [6.07, 6.45) is 1.03. The second kappa shape index (κ2) is 8.02. The molecule has 1 saturated heterocycles. The van der Waals surface area contributed by atoms with E-state index >= 15 is 0 Å². The lowest BCUT2D eigenvalue weighted by Gasteiger charge is -2.28. The van der Waals surface area contributed by atoms with Crippen LogP contribution in [0.1, 0.15) is 44.7 Å². The largest absolute Gasteiger partial charge is 0.323 e. The number of urea groups is 1. The number of thiazole rings is 1. The SMILES string of the molecule is CCCCN1C(=O)/C(=c2\sc3n(c2=O)NC2C(N=3)N(CC)C(=O)N2CC)c2cc(C)ccc21. The van der Waals surface area contributed by atoms with Gasteiger partial charge in [-0.05, 0) is 39.3 Å². The number of carbonyl (C=O) groups is 2. The number of nitrogens with one attached hydrogen (secondary N) is 1. The molecule has 3 amide bonds. The highest BCUT2D eigenvalue weighted by atomic mass is 32.1. The van der Waals surface area contributed by atoms with Crippen LogP contribution in [0.5, 0.6) is 0 Å². The van der Waals surface area contributed by atoms with Gasteiger partial charge in [-0.3, -0.25) is 24.8 Å². The summed E-state index contributed by atoms with van der Waals surface area (Å²) in [5.74, 6) is -0.138. The Morgan fingerprint density at radius 1 is 1.09 bits per heavy atom. The molecule has 1 aromatic heterocycles. The number of hydrogen-bond acceptors (Lipinski definition) is 6. The van der Waals surface area contributed by atoms with Crippen molar-refractivity contribution in [2.24, 2.45) is 4.99 Å². The molecule has 2 aromatic rings. The van der Waals surface area contributed by atoms with Gasteiger partial charge in [0.2, 0.25) is 4.80 Å². The van der Waals surface area contributed by atoms with Gasteiger partial charge in [0, 0.05) is 25.2 Å². The van der Waals surface area contributed by atoms with Gasteiger partial charge < -0.3 is 4.90 Å². The Labute approximate surface area is 195 Å². The Bertz CT molecular complexity index is 1330. The number of likely N-dealkylation sites (N-methyl/N-ethyl adjacent to an activating group) is 2. The van der Waals surface area contributed by atoms with Gasteiger partial charge in [-0.2, -0.15) is 4.68 Å². The molecule has 0 spiro atoms. The molecule has 0 radical (unpaired) electrons. The molecule has 9 nitrogen and oxygen atoms in total. The summed E-state index contributed by atoms with van der Waals surface area (Å²) in [5.41, 5.74) is 6.04. The van der Waals surface area contributed by atoms with Crippen LogP contribution in [0, 0.1) is 6.92 Å². The number of aromatic nitrogens is 1. The van der Waals surface area contributed by atoms with E-state index in [9.17, 15) is 14.4 Å². The van der Waals surface area contributed by atoms with Crippen molar-refractivity contribution in [1.82, 2.24) is 14.5 Å². The molecular weight excluding hydrogens is 440 g/mol. The number of hydrogen-bond donors (Lipinski definition) is 1. The summed E-state index contributed by atoms with van der Waals surface area (Å²) in [6, 6.07) is 5.85. The first-order valence-corrected chi connectivity index (χ1v) is 12.3. The van der Waals surface area contributed by atoms with Crippen molar-refractivity contribution >= 4 is 34.5 Å². The maximum Gasteiger partial charge on any atom is 0.323 e. The van der Waals surface area contributed by atoms with Crippen molar-refractivity contribution in [3.63, 3.8) is 0 Å². The highest BCUT2D eigenvalue weighted by molar-refractivity contribution is 7.07. The average molecular weight is 469 g/mol. The molecule has 1 fully saturated rings. The fourth-order valence-electron chi connectivity index (χ4n) is 4.83. The molecule has 0 bridgehead atoms. The molecule has 0 saturated carbocycles. The van der Waals surface area contributed by atoms with Gasteiger partial charge in [-0.1, -0.05) is 36.3 Å². The number of carbonyl (C=O) groups excluding carboxylic acids is 2. The number of unbranched alkanes of at least 4 members (excludes halogenated alkanes) is 1. The highest BCUT2D eigenvalue weighted by Crippen LogP contribution is 2.36. The number of fused-ring (bicyclic) bond motifs is 3. The minimum absolute atomic E-state index is 0.0917. The van der Waals surface area contributed by atoms with Crippen LogP contribution >= 0.6 is 11.3 Å². The first-order chi connectivity index (χ1) is 15.9. The van der Waals surface area contributed by atoms with E-state index in [4.69, 9.17) is 4.99 Å². The number of benzene rings is 1. The molecule has 1 aromatic carbocycles. The molecule has 2 atom stereocenters. The standard InChI is InChI=1S/C23H28N6O3S/c1-5-8-11-28-15-10-9-13(4)12-14(15)16(20(28)30)17-21(31)29-22(33-17)24-18-19(25-29)27(7-3)23(32)26(18)6-2/h9-10,12,18-19,25H,5-8,11H2,1-4H3/b17-16-. The molecule has 3 aliphatic rings. The van der Waals surface area contributed by atoms with Gasteiger partial charge in [0.25, 0.3) is 11.5 Å². The molecule has 4 heterocycles. The Balaban J connectivity index is 1.70. The van der Waals surface area contributed by atoms with E-state index in [0.29, 0.717) is 34.5 Å². The van der Waals surface area contributed by atoms with Crippen molar-refractivity contribution in [3.8, 4) is 0 Å². The monoisotopic (exact) mass is 468 g/mol. The second-order valence-electron chi connectivity index (χ2n) is 8.53. The van der Waals surface area contributed by atoms with Crippen LogP contribution in [0.3, 0.4) is 0 Å². The van der Waals surface area contributed by atoms with E-state index in [1.807, 2.05) is 39.0 Å². The van der Waals surface area contributed by atoms with E-state index in [1.165, 1.54) is 16.0 Å². The third-order valence-corrected chi connectivity index (χ3v) is 7.58. The average Bonchev–Trinajstić information content (AvgIpc) is 3.36. The molecule has 5 rings (SSSR count). The van der Waals surface area contributed by atoms with Crippen LogP contribution in [-0.4, -0.2) is 58.4 Å². The van der Waals surface area contributed by atoms with Gasteiger partial charge in [0.15, 0.2) is 12.3 Å². The minimum atomic E-state index is -0.421. The summed E-state index contributed by atoms with van der Waals surface area (Å²) in [4.78, 5) is 50.2. The minimum Gasteiger partial charge on any atom is -0.308 e. The summed E-state index contributed by atoms with van der Waals surface area (Å²) < 4.78 is 1.79. The molecule has 2 unspecified atom stereocenters. The molecule has 33 heavy (non-hydrogen) atoms. The van der Waals surface area contributed by atoms with Gasteiger partial charge in [0.1, 0.15) is 4.53 Å². The first-order valence-electron chi connectivity index (χ1n) is 11.5. The summed E-state index contributed by atoms with van der Waals surface area (Å²) in [6.45, 7) is 9.56. The van der Waals surface area contributed by atoms with Crippen molar-refractivity contribution in [1.29, 1.82) is 0 Å². The van der Waals surface area contributed by atoms with E-state index in [-0.39, 0.29) is 17.5 Å². The normalized spacial score (nSPS) is 22.8. The summed E-state index contributed by atoms with van der Waals surface area (Å²) in [5, 5.41) is 0. The molecule has 0 aliphatic carbocycles. The van der Waals surface area contributed by atoms with E-state index < -0.39 is 12.3 Å². The smallest absolute Gasteiger partial charge is 0.308 e. The number of rotatable bonds is 5. The predicted octanol–water partition coefficient (Wildman–Crippen LogP) is 1.17. The Morgan fingerprint density at radius 3 is 2.55 bits per heavy atom. The third-order valence-electron chi connectivity index (χ3n) is 6.53. The van der Waals surface area contributed by atoms with Gasteiger partial charge >= 0.3 is 6.03 Å². The lowest BCUT2D eigenvalue weighted by molar-refractivity contribution is -0.113. The van der Waals surface area contributed by atoms with Gasteiger partial charge in [-0.25, -0.2) is 9.79 Å². The highest BCUT2D eigenvalue weighted by Gasteiger charge is 2.47. The quantitative estimate of drug-likeness (QED) is 0.713. The topological polar surface area (TPSA) is 90.2 Å². The Kier molecular flexibility index (Phi) is 5.27. The maximum absolute atomic E-state index is 13.5. The Morgan fingerprint density at radius 2 is 1.85 bits per heavy atom. The third kappa shape index (κ3) is 3.11. The van der Waals surface area contributed by atoms with Crippen molar-refractivity contribution < 1.29 is 9.59 Å². The molecule has 174 valence electrons. The fourth-order valence-corrected chi connectivity index (χ4v) is 5.88. The Hall–Kier alpha value is -3.14. The lowest BCUT2D eigenvalue weighted by atomic mass is 10.1. The van der Waals surface area contributed by atoms with Crippen LogP contribution in [0.15, 0.2) is 28.0 Å². The van der Waals surface area contributed by atoms with Crippen LogP contribution in [0.4, 0.5) is 10.5 Å². The van der Waals surface area contributed by atoms with Gasteiger partial charge in [0.05, 0.1) is 11.3 Å². The molecule has 3 aliphatic heterocycles. The van der Waals surface area contributed by atoms with Crippen molar-refractivity contribution in [2.45, 2.75) is 52.9 Å². The van der Waals surface area contributed by atoms with Crippen molar-refractivity contribution in [3.05, 3.63) is 49.0 Å². The zero-order valence-electron chi connectivity index (χ0n) is 19.3. The fraction of sp³-hybridized carbons (Fsp3) is 0.478. The first kappa shape index (κ1) is 21.7.